The second-order valence-corrected chi connectivity index (χ2v) is 5.13. The fraction of sp³-hybridized carbons (Fsp3) is 0.412. The summed E-state index contributed by atoms with van der Waals surface area (Å²) in [5.41, 5.74) is 2.40. The molecule has 3 heteroatoms. The van der Waals surface area contributed by atoms with Gasteiger partial charge in [0.2, 0.25) is 0 Å². The number of carbonyl (C=O) groups excluding carboxylic acids is 1. The highest BCUT2D eigenvalue weighted by Gasteiger charge is 2.10. The molecule has 2 rings (SSSR count). The van der Waals surface area contributed by atoms with Crippen LogP contribution in [0.1, 0.15) is 48.7 Å². The van der Waals surface area contributed by atoms with Crippen molar-refractivity contribution < 1.29 is 4.79 Å². The molecule has 20 heavy (non-hydrogen) atoms. The van der Waals surface area contributed by atoms with Gasteiger partial charge in [0.05, 0.1) is 16.8 Å². The number of carbonyl (C=O) groups is 1. The van der Waals surface area contributed by atoms with Crippen LogP contribution in [0.2, 0.25) is 0 Å². The van der Waals surface area contributed by atoms with E-state index in [9.17, 15) is 4.79 Å². The molecular formula is C17H22N2O. The second-order valence-electron chi connectivity index (χ2n) is 5.13. The van der Waals surface area contributed by atoms with E-state index < -0.39 is 0 Å². The van der Waals surface area contributed by atoms with E-state index >= 15 is 0 Å². The number of aromatic nitrogens is 1. The minimum absolute atomic E-state index is 0.0164. The summed E-state index contributed by atoms with van der Waals surface area (Å²) in [4.78, 5) is 16.7. The standard InChI is InChI=1S/C17H22N2O/c1-3-4-5-8-11-18-17(20)15-12-14-9-6-7-10-16(14)19-13(15)2/h6-7,9-10,12H,3-5,8,11H2,1-2H3,(H,18,20). The third kappa shape index (κ3) is 3.56. The lowest BCUT2D eigenvalue weighted by Crippen LogP contribution is -2.25. The van der Waals surface area contributed by atoms with Crippen LogP contribution in [0.15, 0.2) is 30.3 Å². The van der Waals surface area contributed by atoms with Gasteiger partial charge in [0, 0.05) is 11.9 Å². The van der Waals surface area contributed by atoms with E-state index in [0.29, 0.717) is 5.56 Å². The van der Waals surface area contributed by atoms with Gasteiger partial charge in [0.1, 0.15) is 0 Å². The number of rotatable bonds is 6. The average Bonchev–Trinajstić information content (AvgIpc) is 2.46. The van der Waals surface area contributed by atoms with Gasteiger partial charge in [0.25, 0.3) is 5.91 Å². The van der Waals surface area contributed by atoms with Gasteiger partial charge in [-0.1, -0.05) is 44.4 Å². The number of aryl methyl sites for hydroxylation is 1. The zero-order chi connectivity index (χ0) is 14.4. The molecule has 0 atom stereocenters. The largest absolute Gasteiger partial charge is 0.352 e. The molecule has 0 aliphatic heterocycles. The van der Waals surface area contributed by atoms with E-state index in [1.165, 1.54) is 19.3 Å². The van der Waals surface area contributed by atoms with Crippen LogP contribution in [0, 0.1) is 6.92 Å². The van der Waals surface area contributed by atoms with Crippen molar-refractivity contribution in [3.05, 3.63) is 41.6 Å². The van der Waals surface area contributed by atoms with Gasteiger partial charge in [-0.05, 0) is 25.5 Å². The van der Waals surface area contributed by atoms with Gasteiger partial charge in [-0.3, -0.25) is 9.78 Å². The molecule has 0 radical (unpaired) electrons. The Hall–Kier alpha value is -1.90. The predicted octanol–water partition coefficient (Wildman–Crippen LogP) is 3.85. The monoisotopic (exact) mass is 270 g/mol. The number of nitrogens with zero attached hydrogens (tertiary/aromatic N) is 1. The summed E-state index contributed by atoms with van der Waals surface area (Å²) in [6, 6.07) is 9.81. The maximum atomic E-state index is 12.2. The van der Waals surface area contributed by atoms with Gasteiger partial charge in [0.15, 0.2) is 0 Å². The molecule has 2 aromatic rings. The lowest BCUT2D eigenvalue weighted by molar-refractivity contribution is 0.0952. The Kier molecular flexibility index (Phi) is 5.10. The SMILES string of the molecule is CCCCCCNC(=O)c1cc2ccccc2nc1C. The molecule has 1 aromatic heterocycles. The fourth-order valence-electron chi connectivity index (χ4n) is 2.29. The minimum Gasteiger partial charge on any atom is -0.352 e. The van der Waals surface area contributed by atoms with Crippen molar-refractivity contribution in [1.29, 1.82) is 0 Å². The van der Waals surface area contributed by atoms with Gasteiger partial charge in [-0.2, -0.15) is 0 Å². The van der Waals surface area contributed by atoms with Crippen LogP contribution in [0.3, 0.4) is 0 Å². The molecule has 0 unspecified atom stereocenters. The highest BCUT2D eigenvalue weighted by atomic mass is 16.1. The van der Waals surface area contributed by atoms with Crippen LogP contribution in [-0.2, 0) is 0 Å². The Balaban J connectivity index is 2.04. The topological polar surface area (TPSA) is 42.0 Å². The first-order chi connectivity index (χ1) is 9.72. The van der Waals surface area contributed by atoms with Gasteiger partial charge >= 0.3 is 0 Å². The Bertz CT molecular complexity index is 593. The Morgan fingerprint density at radius 3 is 2.80 bits per heavy atom. The number of amides is 1. The zero-order valence-corrected chi connectivity index (χ0v) is 12.3. The summed E-state index contributed by atoms with van der Waals surface area (Å²) >= 11 is 0. The maximum absolute atomic E-state index is 12.2. The summed E-state index contributed by atoms with van der Waals surface area (Å²) in [5.74, 6) is -0.0164. The van der Waals surface area contributed by atoms with Crippen molar-refractivity contribution in [2.75, 3.05) is 6.54 Å². The molecule has 1 aromatic carbocycles. The number of unbranched alkanes of at least 4 members (excludes halogenated alkanes) is 3. The van der Waals surface area contributed by atoms with Crippen LogP contribution < -0.4 is 5.32 Å². The van der Waals surface area contributed by atoms with Gasteiger partial charge < -0.3 is 5.32 Å². The molecule has 0 fully saturated rings. The normalized spacial score (nSPS) is 10.7. The van der Waals surface area contributed by atoms with Crippen molar-refractivity contribution in [3.8, 4) is 0 Å². The quantitative estimate of drug-likeness (QED) is 0.810. The number of para-hydroxylation sites is 1. The van der Waals surface area contributed by atoms with Crippen LogP contribution >= 0.6 is 0 Å². The summed E-state index contributed by atoms with van der Waals surface area (Å²) in [6.07, 6.45) is 4.65. The Labute approximate surface area is 120 Å². The summed E-state index contributed by atoms with van der Waals surface area (Å²) in [5, 5.41) is 3.99. The third-order valence-electron chi connectivity index (χ3n) is 3.48. The zero-order valence-electron chi connectivity index (χ0n) is 12.3. The molecular weight excluding hydrogens is 248 g/mol. The highest BCUT2D eigenvalue weighted by molar-refractivity contribution is 5.98. The van der Waals surface area contributed by atoms with E-state index in [1.807, 2.05) is 37.3 Å². The maximum Gasteiger partial charge on any atom is 0.253 e. The molecule has 1 amide bonds. The molecule has 3 nitrogen and oxygen atoms in total. The molecule has 0 spiro atoms. The van der Waals surface area contributed by atoms with Crippen molar-refractivity contribution in [2.24, 2.45) is 0 Å². The Morgan fingerprint density at radius 1 is 1.20 bits per heavy atom. The number of nitrogens with one attached hydrogen (secondary N) is 1. The van der Waals surface area contributed by atoms with Crippen LogP contribution in [-0.4, -0.2) is 17.4 Å². The Morgan fingerprint density at radius 2 is 2.00 bits per heavy atom. The lowest BCUT2D eigenvalue weighted by atomic mass is 10.1. The van der Waals surface area contributed by atoms with E-state index in [2.05, 4.69) is 17.2 Å². The number of hydrogen-bond acceptors (Lipinski definition) is 2. The highest BCUT2D eigenvalue weighted by Crippen LogP contribution is 2.16. The van der Waals surface area contributed by atoms with Crippen molar-refractivity contribution in [3.63, 3.8) is 0 Å². The first-order valence-electron chi connectivity index (χ1n) is 7.37. The van der Waals surface area contributed by atoms with Crippen LogP contribution in [0.25, 0.3) is 10.9 Å². The number of fused-ring (bicyclic) bond motifs is 1. The molecule has 0 saturated carbocycles. The summed E-state index contributed by atoms with van der Waals surface area (Å²) in [7, 11) is 0. The van der Waals surface area contributed by atoms with E-state index in [1.54, 1.807) is 0 Å². The van der Waals surface area contributed by atoms with Crippen molar-refractivity contribution in [1.82, 2.24) is 10.3 Å². The molecule has 0 aliphatic rings. The first-order valence-corrected chi connectivity index (χ1v) is 7.37. The van der Waals surface area contributed by atoms with E-state index in [4.69, 9.17) is 0 Å². The summed E-state index contributed by atoms with van der Waals surface area (Å²) in [6.45, 7) is 4.81. The number of hydrogen-bond donors (Lipinski definition) is 1. The number of pyridine rings is 1. The molecule has 1 N–H and O–H groups in total. The number of benzene rings is 1. The molecule has 0 bridgehead atoms. The van der Waals surface area contributed by atoms with E-state index in [0.717, 1.165) is 29.6 Å². The first kappa shape index (κ1) is 14.5. The van der Waals surface area contributed by atoms with Gasteiger partial charge in [-0.25, -0.2) is 0 Å². The fourth-order valence-corrected chi connectivity index (χ4v) is 2.29. The molecule has 1 heterocycles. The minimum atomic E-state index is -0.0164. The molecule has 0 aliphatic carbocycles. The smallest absolute Gasteiger partial charge is 0.253 e. The van der Waals surface area contributed by atoms with Crippen LogP contribution in [0.4, 0.5) is 0 Å². The third-order valence-corrected chi connectivity index (χ3v) is 3.48. The second kappa shape index (κ2) is 7.04. The van der Waals surface area contributed by atoms with Crippen molar-refractivity contribution >= 4 is 16.8 Å². The van der Waals surface area contributed by atoms with E-state index in [-0.39, 0.29) is 5.91 Å². The molecule has 0 saturated heterocycles. The lowest BCUT2D eigenvalue weighted by Gasteiger charge is -2.08. The average molecular weight is 270 g/mol. The van der Waals surface area contributed by atoms with Crippen LogP contribution in [0.5, 0.6) is 0 Å². The predicted molar refractivity (Wildman–Crippen MR) is 83.0 cm³/mol. The van der Waals surface area contributed by atoms with Gasteiger partial charge in [-0.15, -0.1) is 0 Å². The summed E-state index contributed by atoms with van der Waals surface area (Å²) < 4.78 is 0. The molecule has 106 valence electrons. The van der Waals surface area contributed by atoms with Crippen molar-refractivity contribution in [2.45, 2.75) is 39.5 Å².